The lowest BCUT2D eigenvalue weighted by Gasteiger charge is -2.31. The number of carbonyl (C=O) groups excluding carboxylic acids is 1. The molecule has 1 aliphatic carbocycles. The minimum Gasteiger partial charge on any atom is -0.356 e. The molecule has 1 saturated carbocycles. The predicted molar refractivity (Wildman–Crippen MR) is 64.9 cm³/mol. The molecule has 6 heteroatoms. The van der Waals surface area contributed by atoms with Crippen molar-refractivity contribution in [2.75, 3.05) is 19.6 Å². The van der Waals surface area contributed by atoms with Crippen LogP contribution in [0.25, 0.3) is 0 Å². The number of piperidine rings is 1. The van der Waals surface area contributed by atoms with E-state index in [-0.39, 0.29) is 11.2 Å². The molecule has 0 unspecified atom stereocenters. The molecule has 0 atom stereocenters. The zero-order valence-electron chi connectivity index (χ0n) is 10.2. The smallest absolute Gasteiger partial charge is 0.216 e. The molecule has 0 bridgehead atoms. The van der Waals surface area contributed by atoms with Gasteiger partial charge in [-0.1, -0.05) is 0 Å². The van der Waals surface area contributed by atoms with Crippen molar-refractivity contribution < 1.29 is 13.2 Å². The van der Waals surface area contributed by atoms with Gasteiger partial charge < -0.3 is 5.32 Å². The van der Waals surface area contributed by atoms with Gasteiger partial charge in [0.1, 0.15) is 0 Å². The van der Waals surface area contributed by atoms with Crippen molar-refractivity contribution in [3.05, 3.63) is 0 Å². The van der Waals surface area contributed by atoms with Crippen LogP contribution in [0.1, 0.15) is 32.6 Å². The maximum absolute atomic E-state index is 12.0. The molecule has 2 rings (SSSR count). The summed E-state index contributed by atoms with van der Waals surface area (Å²) in [5.74, 6) is 0.405. The van der Waals surface area contributed by atoms with E-state index in [2.05, 4.69) is 5.32 Å². The minimum atomic E-state index is -3.00. The number of hydrogen-bond donors (Lipinski definition) is 1. The molecule has 1 N–H and O–H groups in total. The van der Waals surface area contributed by atoms with Crippen molar-refractivity contribution in [3.8, 4) is 0 Å². The van der Waals surface area contributed by atoms with Gasteiger partial charge in [-0.25, -0.2) is 12.7 Å². The number of carbonyl (C=O) groups is 1. The highest BCUT2D eigenvalue weighted by molar-refractivity contribution is 7.90. The largest absolute Gasteiger partial charge is 0.356 e. The first-order valence-electron chi connectivity index (χ1n) is 6.23. The van der Waals surface area contributed by atoms with Gasteiger partial charge in [0.25, 0.3) is 0 Å². The molecule has 0 aromatic carbocycles. The van der Waals surface area contributed by atoms with Gasteiger partial charge in [-0.15, -0.1) is 0 Å². The zero-order chi connectivity index (χ0) is 12.5. The minimum absolute atomic E-state index is 0.0157. The third-order valence-corrected chi connectivity index (χ3v) is 5.92. The SMILES string of the molecule is CC(=O)NCC1CCN(S(=O)(=O)C2CC2)CC1. The van der Waals surface area contributed by atoms with Crippen molar-refractivity contribution >= 4 is 15.9 Å². The Labute approximate surface area is 103 Å². The van der Waals surface area contributed by atoms with E-state index in [4.69, 9.17) is 0 Å². The van der Waals surface area contributed by atoms with E-state index in [1.807, 2.05) is 0 Å². The summed E-state index contributed by atoms with van der Waals surface area (Å²) in [6.07, 6.45) is 3.36. The van der Waals surface area contributed by atoms with Crippen LogP contribution in [0.2, 0.25) is 0 Å². The Morgan fingerprint density at radius 3 is 2.29 bits per heavy atom. The normalized spacial score (nSPS) is 23.6. The Hall–Kier alpha value is -0.620. The summed E-state index contributed by atoms with van der Waals surface area (Å²) in [7, 11) is -3.00. The number of nitrogens with one attached hydrogen (secondary N) is 1. The lowest BCUT2D eigenvalue weighted by molar-refractivity contribution is -0.119. The highest BCUT2D eigenvalue weighted by atomic mass is 32.2. The van der Waals surface area contributed by atoms with Crippen LogP contribution in [-0.4, -0.2) is 43.5 Å². The molecule has 0 aromatic heterocycles. The van der Waals surface area contributed by atoms with Gasteiger partial charge in [-0.2, -0.15) is 0 Å². The van der Waals surface area contributed by atoms with E-state index in [9.17, 15) is 13.2 Å². The number of hydrogen-bond acceptors (Lipinski definition) is 3. The van der Waals surface area contributed by atoms with E-state index in [0.717, 1.165) is 25.7 Å². The summed E-state index contributed by atoms with van der Waals surface area (Å²) >= 11 is 0. The van der Waals surface area contributed by atoms with E-state index in [1.165, 1.54) is 6.92 Å². The Morgan fingerprint density at radius 1 is 1.24 bits per heavy atom. The van der Waals surface area contributed by atoms with Crippen molar-refractivity contribution in [2.24, 2.45) is 5.92 Å². The van der Waals surface area contributed by atoms with Crippen molar-refractivity contribution in [1.82, 2.24) is 9.62 Å². The standard InChI is InChI=1S/C11H20N2O3S/c1-9(14)12-8-10-4-6-13(7-5-10)17(15,16)11-2-3-11/h10-11H,2-8H2,1H3,(H,12,14). The molecule has 98 valence electrons. The molecule has 0 spiro atoms. The molecular weight excluding hydrogens is 240 g/mol. The Kier molecular flexibility index (Phi) is 3.73. The fourth-order valence-corrected chi connectivity index (χ4v) is 4.11. The van der Waals surface area contributed by atoms with Crippen LogP contribution >= 0.6 is 0 Å². The second kappa shape index (κ2) is 4.94. The van der Waals surface area contributed by atoms with Crippen LogP contribution in [0.5, 0.6) is 0 Å². The van der Waals surface area contributed by atoms with Crippen molar-refractivity contribution in [2.45, 2.75) is 37.9 Å². The van der Waals surface area contributed by atoms with Gasteiger partial charge in [0.05, 0.1) is 5.25 Å². The second-order valence-corrected chi connectivity index (χ2v) is 7.24. The first kappa shape index (κ1) is 12.8. The zero-order valence-corrected chi connectivity index (χ0v) is 11.0. The summed E-state index contributed by atoms with van der Waals surface area (Å²) in [6, 6.07) is 0. The maximum Gasteiger partial charge on any atom is 0.216 e. The fourth-order valence-electron chi connectivity index (χ4n) is 2.23. The molecule has 2 aliphatic rings. The Morgan fingerprint density at radius 2 is 1.82 bits per heavy atom. The predicted octanol–water partition coefficient (Wildman–Crippen LogP) is 0.327. The van der Waals surface area contributed by atoms with Crippen LogP contribution in [0.4, 0.5) is 0 Å². The highest BCUT2D eigenvalue weighted by Gasteiger charge is 2.41. The van der Waals surface area contributed by atoms with Crippen molar-refractivity contribution in [1.29, 1.82) is 0 Å². The summed E-state index contributed by atoms with van der Waals surface area (Å²) in [5, 5.41) is 2.69. The van der Waals surface area contributed by atoms with Gasteiger partial charge in [-0.05, 0) is 31.6 Å². The first-order chi connectivity index (χ1) is 8.00. The molecule has 17 heavy (non-hydrogen) atoms. The van der Waals surface area contributed by atoms with Gasteiger partial charge in [0.15, 0.2) is 0 Å². The Balaban J connectivity index is 1.79. The van der Waals surface area contributed by atoms with Gasteiger partial charge >= 0.3 is 0 Å². The summed E-state index contributed by atoms with van der Waals surface area (Å²) < 4.78 is 25.6. The fraction of sp³-hybridized carbons (Fsp3) is 0.909. The van der Waals surface area contributed by atoms with E-state index in [1.54, 1.807) is 4.31 Å². The molecule has 1 heterocycles. The molecule has 1 saturated heterocycles. The summed E-state index contributed by atoms with van der Waals surface area (Å²) in [6.45, 7) is 3.41. The molecule has 0 aromatic rings. The van der Waals surface area contributed by atoms with Crippen LogP contribution in [0, 0.1) is 5.92 Å². The highest BCUT2D eigenvalue weighted by Crippen LogP contribution is 2.32. The average molecular weight is 260 g/mol. The van der Waals surface area contributed by atoms with Gasteiger partial charge in [0.2, 0.25) is 15.9 Å². The average Bonchev–Trinajstić information content (AvgIpc) is 3.11. The molecule has 1 amide bonds. The number of rotatable bonds is 4. The molecule has 1 aliphatic heterocycles. The number of amides is 1. The van der Waals surface area contributed by atoms with E-state index < -0.39 is 10.0 Å². The van der Waals surface area contributed by atoms with Gasteiger partial charge in [-0.3, -0.25) is 4.79 Å². The Bertz CT molecular complexity index is 382. The van der Waals surface area contributed by atoms with Gasteiger partial charge in [0, 0.05) is 26.6 Å². The summed E-state index contributed by atoms with van der Waals surface area (Å²) in [5.41, 5.74) is 0. The molecular formula is C11H20N2O3S. The number of sulfonamides is 1. The van der Waals surface area contributed by atoms with E-state index >= 15 is 0 Å². The van der Waals surface area contributed by atoms with Crippen LogP contribution in [0.3, 0.4) is 0 Å². The molecule has 0 radical (unpaired) electrons. The van der Waals surface area contributed by atoms with Crippen LogP contribution < -0.4 is 5.32 Å². The quantitative estimate of drug-likeness (QED) is 0.792. The lowest BCUT2D eigenvalue weighted by Crippen LogP contribution is -2.42. The van der Waals surface area contributed by atoms with Crippen molar-refractivity contribution in [3.63, 3.8) is 0 Å². The molecule has 2 fully saturated rings. The second-order valence-electron chi connectivity index (χ2n) is 5.02. The number of nitrogens with zero attached hydrogens (tertiary/aromatic N) is 1. The first-order valence-corrected chi connectivity index (χ1v) is 7.74. The maximum atomic E-state index is 12.0. The lowest BCUT2D eigenvalue weighted by atomic mass is 9.98. The van der Waals surface area contributed by atoms with E-state index in [0.29, 0.717) is 25.6 Å². The third kappa shape index (κ3) is 3.19. The monoisotopic (exact) mass is 260 g/mol. The molecule has 5 nitrogen and oxygen atoms in total. The van der Waals surface area contributed by atoms with Crippen LogP contribution in [0.15, 0.2) is 0 Å². The summed E-state index contributed by atoms with van der Waals surface area (Å²) in [4.78, 5) is 10.8. The third-order valence-electron chi connectivity index (χ3n) is 3.52. The topological polar surface area (TPSA) is 66.5 Å². The van der Waals surface area contributed by atoms with Crippen LogP contribution in [-0.2, 0) is 14.8 Å².